The van der Waals surface area contributed by atoms with E-state index in [4.69, 9.17) is 0 Å². The highest BCUT2D eigenvalue weighted by Crippen LogP contribution is 2.45. The SMILES string of the molecule is CC1CCC(C(C)(C)c2ccc(O)cc2)CC1Cc1ccc(O)cc1. The smallest absolute Gasteiger partial charge is 0.115 e. The standard InChI is InChI=1S/C23H30O2/c1-16-4-7-20(23(2,3)19-8-12-22(25)13-9-19)15-18(16)14-17-5-10-21(24)11-6-17/h5-6,8-13,16,18,20,24-25H,4,7,14-15H2,1-3H3. The predicted octanol–water partition coefficient (Wildman–Crippen LogP) is 5.67. The van der Waals surface area contributed by atoms with Crippen molar-refractivity contribution in [2.24, 2.45) is 17.8 Å². The lowest BCUT2D eigenvalue weighted by molar-refractivity contribution is 0.137. The molecule has 0 spiro atoms. The van der Waals surface area contributed by atoms with Gasteiger partial charge in [-0.05, 0) is 77.8 Å². The summed E-state index contributed by atoms with van der Waals surface area (Å²) in [6, 6.07) is 15.4. The molecule has 0 aliphatic heterocycles. The summed E-state index contributed by atoms with van der Waals surface area (Å²) in [6.45, 7) is 7.07. The van der Waals surface area contributed by atoms with Crippen LogP contribution in [0.2, 0.25) is 0 Å². The van der Waals surface area contributed by atoms with Crippen molar-refractivity contribution >= 4 is 0 Å². The van der Waals surface area contributed by atoms with E-state index in [2.05, 4.69) is 45.0 Å². The number of hydrogen-bond donors (Lipinski definition) is 2. The first-order valence-corrected chi connectivity index (χ1v) is 9.43. The van der Waals surface area contributed by atoms with E-state index < -0.39 is 0 Å². The number of phenols is 2. The number of aromatic hydroxyl groups is 2. The van der Waals surface area contributed by atoms with Crippen LogP contribution in [-0.4, -0.2) is 10.2 Å². The van der Waals surface area contributed by atoms with Crippen molar-refractivity contribution in [2.45, 2.75) is 51.9 Å². The van der Waals surface area contributed by atoms with Crippen LogP contribution in [0.1, 0.15) is 51.2 Å². The largest absolute Gasteiger partial charge is 0.508 e. The Hall–Kier alpha value is -1.96. The molecule has 3 atom stereocenters. The van der Waals surface area contributed by atoms with E-state index in [-0.39, 0.29) is 5.41 Å². The predicted molar refractivity (Wildman–Crippen MR) is 103 cm³/mol. The summed E-state index contributed by atoms with van der Waals surface area (Å²) in [5, 5.41) is 19.1. The normalized spacial score (nSPS) is 24.2. The van der Waals surface area contributed by atoms with Gasteiger partial charge in [-0.15, -0.1) is 0 Å². The van der Waals surface area contributed by atoms with Crippen molar-refractivity contribution in [3.63, 3.8) is 0 Å². The fraction of sp³-hybridized carbons (Fsp3) is 0.478. The van der Waals surface area contributed by atoms with Crippen molar-refractivity contribution in [3.05, 3.63) is 59.7 Å². The van der Waals surface area contributed by atoms with Crippen LogP contribution in [0.25, 0.3) is 0 Å². The van der Waals surface area contributed by atoms with Crippen LogP contribution in [0, 0.1) is 17.8 Å². The van der Waals surface area contributed by atoms with Crippen LogP contribution in [0.3, 0.4) is 0 Å². The van der Waals surface area contributed by atoms with Crippen LogP contribution < -0.4 is 0 Å². The number of hydrogen-bond acceptors (Lipinski definition) is 2. The van der Waals surface area contributed by atoms with Crippen LogP contribution in [0.4, 0.5) is 0 Å². The van der Waals surface area contributed by atoms with Gasteiger partial charge in [0, 0.05) is 0 Å². The maximum Gasteiger partial charge on any atom is 0.115 e. The molecule has 2 aromatic carbocycles. The monoisotopic (exact) mass is 338 g/mol. The first kappa shape index (κ1) is 17.8. The van der Waals surface area contributed by atoms with Gasteiger partial charge in [0.15, 0.2) is 0 Å². The maximum absolute atomic E-state index is 9.58. The second-order valence-electron chi connectivity index (χ2n) is 8.39. The summed E-state index contributed by atoms with van der Waals surface area (Å²) in [6.07, 6.45) is 4.86. The second kappa shape index (κ2) is 7.11. The van der Waals surface area contributed by atoms with E-state index in [1.165, 1.54) is 30.4 Å². The zero-order chi connectivity index (χ0) is 18.0. The molecular formula is C23H30O2. The minimum absolute atomic E-state index is 0.112. The van der Waals surface area contributed by atoms with Crippen molar-refractivity contribution in [2.75, 3.05) is 0 Å². The number of benzene rings is 2. The molecular weight excluding hydrogens is 308 g/mol. The van der Waals surface area contributed by atoms with Gasteiger partial charge in [-0.3, -0.25) is 0 Å². The zero-order valence-electron chi connectivity index (χ0n) is 15.6. The van der Waals surface area contributed by atoms with Gasteiger partial charge in [0.25, 0.3) is 0 Å². The van der Waals surface area contributed by atoms with E-state index >= 15 is 0 Å². The molecule has 2 nitrogen and oxygen atoms in total. The topological polar surface area (TPSA) is 40.5 Å². The highest BCUT2D eigenvalue weighted by molar-refractivity contribution is 5.31. The Morgan fingerprint density at radius 2 is 1.44 bits per heavy atom. The molecule has 1 fully saturated rings. The number of rotatable bonds is 4. The summed E-state index contributed by atoms with van der Waals surface area (Å²) in [4.78, 5) is 0. The summed E-state index contributed by atoms with van der Waals surface area (Å²) >= 11 is 0. The van der Waals surface area contributed by atoms with E-state index in [0.717, 1.165) is 12.3 Å². The van der Waals surface area contributed by atoms with Crippen LogP contribution in [-0.2, 0) is 11.8 Å². The third-order valence-electron chi connectivity index (χ3n) is 6.43. The molecule has 134 valence electrons. The Labute approximate surface area is 151 Å². The summed E-state index contributed by atoms with van der Waals surface area (Å²) < 4.78 is 0. The van der Waals surface area contributed by atoms with E-state index in [0.29, 0.717) is 23.3 Å². The van der Waals surface area contributed by atoms with Gasteiger partial charge in [-0.2, -0.15) is 0 Å². The Kier molecular flexibility index (Phi) is 5.08. The number of phenolic OH excluding ortho intramolecular Hbond substituents is 2. The molecule has 25 heavy (non-hydrogen) atoms. The minimum Gasteiger partial charge on any atom is -0.508 e. The van der Waals surface area contributed by atoms with Gasteiger partial charge >= 0.3 is 0 Å². The average Bonchev–Trinajstić information content (AvgIpc) is 2.59. The summed E-state index contributed by atoms with van der Waals surface area (Å²) in [5.41, 5.74) is 2.74. The third kappa shape index (κ3) is 4.00. The molecule has 0 aromatic heterocycles. The van der Waals surface area contributed by atoms with Gasteiger partial charge in [0.1, 0.15) is 11.5 Å². The molecule has 1 saturated carbocycles. The van der Waals surface area contributed by atoms with Gasteiger partial charge in [-0.25, -0.2) is 0 Å². The molecule has 0 heterocycles. The molecule has 1 aliphatic rings. The average molecular weight is 338 g/mol. The quantitative estimate of drug-likeness (QED) is 0.754. The molecule has 0 amide bonds. The van der Waals surface area contributed by atoms with E-state index in [1.54, 1.807) is 24.3 Å². The Bertz CT molecular complexity index is 685. The van der Waals surface area contributed by atoms with Gasteiger partial charge in [0.05, 0.1) is 0 Å². The summed E-state index contributed by atoms with van der Waals surface area (Å²) in [7, 11) is 0. The Morgan fingerprint density at radius 1 is 0.880 bits per heavy atom. The van der Waals surface area contributed by atoms with Crippen molar-refractivity contribution in [3.8, 4) is 11.5 Å². The Morgan fingerprint density at radius 3 is 2.04 bits per heavy atom. The lowest BCUT2D eigenvalue weighted by Gasteiger charge is -2.43. The lowest BCUT2D eigenvalue weighted by Crippen LogP contribution is -2.36. The van der Waals surface area contributed by atoms with Crippen molar-refractivity contribution in [1.82, 2.24) is 0 Å². The first-order chi connectivity index (χ1) is 11.9. The van der Waals surface area contributed by atoms with Crippen LogP contribution in [0.15, 0.2) is 48.5 Å². The molecule has 0 saturated heterocycles. The summed E-state index contributed by atoms with van der Waals surface area (Å²) in [5.74, 6) is 2.74. The fourth-order valence-corrected chi connectivity index (χ4v) is 4.42. The van der Waals surface area contributed by atoms with Gasteiger partial charge in [0.2, 0.25) is 0 Å². The van der Waals surface area contributed by atoms with E-state index in [9.17, 15) is 10.2 Å². The van der Waals surface area contributed by atoms with Crippen molar-refractivity contribution < 1.29 is 10.2 Å². The fourth-order valence-electron chi connectivity index (χ4n) is 4.42. The molecule has 3 rings (SSSR count). The molecule has 1 aliphatic carbocycles. The van der Waals surface area contributed by atoms with Gasteiger partial charge < -0.3 is 10.2 Å². The molecule has 2 N–H and O–H groups in total. The minimum atomic E-state index is 0.112. The second-order valence-corrected chi connectivity index (χ2v) is 8.39. The highest BCUT2D eigenvalue weighted by atomic mass is 16.3. The maximum atomic E-state index is 9.58. The molecule has 0 bridgehead atoms. The molecule has 0 radical (unpaired) electrons. The van der Waals surface area contributed by atoms with Crippen molar-refractivity contribution in [1.29, 1.82) is 0 Å². The molecule has 2 aromatic rings. The first-order valence-electron chi connectivity index (χ1n) is 9.43. The third-order valence-corrected chi connectivity index (χ3v) is 6.43. The Balaban J connectivity index is 1.74. The zero-order valence-corrected chi connectivity index (χ0v) is 15.6. The molecule has 2 heteroatoms. The van der Waals surface area contributed by atoms with Gasteiger partial charge in [-0.1, -0.05) is 51.5 Å². The molecule has 3 unspecified atom stereocenters. The van der Waals surface area contributed by atoms with Crippen LogP contribution in [0.5, 0.6) is 11.5 Å². The van der Waals surface area contributed by atoms with E-state index in [1.807, 2.05) is 0 Å². The highest BCUT2D eigenvalue weighted by Gasteiger charge is 2.37. The lowest BCUT2D eigenvalue weighted by atomic mass is 9.62. The van der Waals surface area contributed by atoms with Crippen LogP contribution >= 0.6 is 0 Å².